The molecule has 3 N–H and O–H groups in total. The van der Waals surface area contributed by atoms with Gasteiger partial charge in [0.2, 0.25) is 11.8 Å². The zero-order valence-corrected chi connectivity index (χ0v) is 15.8. The Morgan fingerprint density at radius 1 is 1.48 bits per heavy atom. The number of hydrogen-bond acceptors (Lipinski definition) is 7. The van der Waals surface area contributed by atoms with Crippen molar-refractivity contribution in [1.82, 2.24) is 14.6 Å². The number of rotatable bonds is 7. The van der Waals surface area contributed by atoms with E-state index < -0.39 is 33.8 Å². The second-order valence-electron chi connectivity index (χ2n) is 6.37. The molecule has 0 spiro atoms. The number of nitrogens with one attached hydrogen (secondary N) is 1. The molecule has 1 aromatic rings. The summed E-state index contributed by atoms with van der Waals surface area (Å²) in [4.78, 5) is 40.0. The second-order valence-corrected chi connectivity index (χ2v) is 8.19. The van der Waals surface area contributed by atoms with Gasteiger partial charge in [0, 0.05) is 18.3 Å². The van der Waals surface area contributed by atoms with E-state index in [0.29, 0.717) is 17.3 Å². The Morgan fingerprint density at radius 3 is 2.85 bits per heavy atom. The summed E-state index contributed by atoms with van der Waals surface area (Å²) in [5.74, 6) is -2.48. The Kier molecular flexibility index (Phi) is 7.03. The highest BCUT2D eigenvalue weighted by atomic mass is 32.2. The summed E-state index contributed by atoms with van der Waals surface area (Å²) < 4.78 is 26.8. The van der Waals surface area contributed by atoms with Crippen LogP contribution in [-0.4, -0.2) is 54.4 Å². The molecule has 2 amide bonds. The average molecular weight is 395 g/mol. The quantitative estimate of drug-likeness (QED) is 0.642. The maximum absolute atomic E-state index is 13.1. The van der Waals surface area contributed by atoms with E-state index in [-0.39, 0.29) is 30.1 Å². The number of nitrogens with two attached hydrogens (primary N) is 1. The molecule has 27 heavy (non-hydrogen) atoms. The van der Waals surface area contributed by atoms with Crippen molar-refractivity contribution >= 4 is 27.6 Å². The van der Waals surface area contributed by atoms with E-state index in [1.165, 1.54) is 25.3 Å². The third kappa shape index (κ3) is 5.10. The van der Waals surface area contributed by atoms with E-state index in [0.717, 1.165) is 12.6 Å². The average Bonchev–Trinajstić information content (AvgIpc) is 2.85. The first-order valence-corrected chi connectivity index (χ1v) is 10.0. The van der Waals surface area contributed by atoms with E-state index in [9.17, 15) is 22.8 Å². The number of aromatic nitrogens is 1. The summed E-state index contributed by atoms with van der Waals surface area (Å²) in [5, 5.41) is 2.91. The van der Waals surface area contributed by atoms with Gasteiger partial charge in [0.05, 0.1) is 13.0 Å². The van der Waals surface area contributed by atoms with Gasteiger partial charge in [0.15, 0.2) is 5.78 Å². The molecule has 0 bridgehead atoms. The smallest absolute Gasteiger partial charge is 0.268 e. The molecule has 147 valence electrons. The molecule has 10 heteroatoms. The fraction of sp³-hybridized carbons (Fsp3) is 0.471. The van der Waals surface area contributed by atoms with Crippen LogP contribution < -0.4 is 11.1 Å². The van der Waals surface area contributed by atoms with Crippen LogP contribution in [0.1, 0.15) is 26.2 Å². The van der Waals surface area contributed by atoms with Gasteiger partial charge < -0.3 is 11.1 Å². The molecule has 2 rings (SSSR count). The Morgan fingerprint density at radius 2 is 2.22 bits per heavy atom. The third-order valence-electron chi connectivity index (χ3n) is 4.33. The van der Waals surface area contributed by atoms with Crippen LogP contribution in [-0.2, 0) is 24.4 Å². The number of pyridine rings is 1. The highest BCUT2D eigenvalue weighted by Crippen LogP contribution is 2.23. The Balaban J connectivity index is 2.37. The van der Waals surface area contributed by atoms with E-state index >= 15 is 0 Å². The second kappa shape index (κ2) is 9.05. The molecule has 2 atom stereocenters. The van der Waals surface area contributed by atoms with Gasteiger partial charge in [-0.3, -0.25) is 19.4 Å². The molecule has 0 saturated carbocycles. The Hall–Kier alpha value is -2.33. The summed E-state index contributed by atoms with van der Waals surface area (Å²) in [5.41, 5.74) is 5.19. The standard InChI is InChI=1S/C17H23N4O5S/c1-12(17(18)24)6-7-16(23)21(14-5-3-9-20-11-15(14)22)27(25,26)13-4-2-8-19-10-13/h2,4,7-8,10,12,14,20H,3,5-6,9,11H2,1H3,(H2,18,24)/t12?,14-/m0/s1. The minimum atomic E-state index is -4.29. The lowest BCUT2D eigenvalue weighted by Crippen LogP contribution is -2.49. The summed E-state index contributed by atoms with van der Waals surface area (Å²) in [7, 11) is -4.29. The van der Waals surface area contributed by atoms with Crippen molar-refractivity contribution in [2.24, 2.45) is 11.7 Å². The summed E-state index contributed by atoms with van der Waals surface area (Å²) in [6.45, 7) is 2.07. The maximum Gasteiger partial charge on any atom is 0.268 e. The number of primary amides is 1. The van der Waals surface area contributed by atoms with Crippen molar-refractivity contribution in [3.8, 4) is 0 Å². The minimum Gasteiger partial charge on any atom is -0.369 e. The van der Waals surface area contributed by atoms with E-state index in [4.69, 9.17) is 5.73 Å². The van der Waals surface area contributed by atoms with Crippen LogP contribution >= 0.6 is 0 Å². The largest absolute Gasteiger partial charge is 0.369 e. The van der Waals surface area contributed by atoms with Gasteiger partial charge in [0.1, 0.15) is 10.9 Å². The van der Waals surface area contributed by atoms with Crippen LogP contribution in [0.25, 0.3) is 0 Å². The SMILES string of the molecule is CC(C[CH]C(=O)N([C@H]1CCCNCC1=O)S(=O)(=O)c1cccnc1)C(N)=O. The normalized spacial score (nSPS) is 19.1. The van der Waals surface area contributed by atoms with Crippen LogP contribution in [0.4, 0.5) is 0 Å². The summed E-state index contributed by atoms with van der Waals surface area (Å²) in [6, 6.07) is 1.64. The highest BCUT2D eigenvalue weighted by Gasteiger charge is 2.39. The highest BCUT2D eigenvalue weighted by molar-refractivity contribution is 7.89. The molecule has 1 saturated heterocycles. The van der Waals surface area contributed by atoms with Crippen LogP contribution in [0.3, 0.4) is 0 Å². The number of ketones is 1. The van der Waals surface area contributed by atoms with Crippen molar-refractivity contribution in [1.29, 1.82) is 0 Å². The lowest BCUT2D eigenvalue weighted by Gasteiger charge is -2.29. The summed E-state index contributed by atoms with van der Waals surface area (Å²) in [6.07, 6.45) is 4.37. The first kappa shape index (κ1) is 21.0. The number of hydrogen-bond donors (Lipinski definition) is 2. The van der Waals surface area contributed by atoms with Crippen molar-refractivity contribution < 1.29 is 22.8 Å². The molecule has 0 aliphatic carbocycles. The fourth-order valence-electron chi connectivity index (χ4n) is 2.70. The van der Waals surface area contributed by atoms with Crippen molar-refractivity contribution in [2.75, 3.05) is 13.1 Å². The van der Waals surface area contributed by atoms with Crippen LogP contribution in [0, 0.1) is 12.3 Å². The minimum absolute atomic E-state index is 0.0192. The molecule has 1 aliphatic rings. The number of Topliss-reactive ketones (excluding diaryl/α,β-unsaturated/α-hetero) is 1. The van der Waals surface area contributed by atoms with Crippen molar-refractivity contribution in [3.63, 3.8) is 0 Å². The van der Waals surface area contributed by atoms with Crippen LogP contribution in [0.2, 0.25) is 0 Å². The molecule has 2 heterocycles. The molecule has 1 fully saturated rings. The first-order chi connectivity index (χ1) is 12.7. The first-order valence-electron chi connectivity index (χ1n) is 8.59. The molecule has 1 radical (unpaired) electrons. The van der Waals surface area contributed by atoms with Gasteiger partial charge in [-0.15, -0.1) is 0 Å². The predicted octanol–water partition coefficient (Wildman–Crippen LogP) is -0.364. The predicted molar refractivity (Wildman–Crippen MR) is 96.4 cm³/mol. The van der Waals surface area contributed by atoms with Gasteiger partial charge >= 0.3 is 0 Å². The third-order valence-corrected chi connectivity index (χ3v) is 6.11. The molecule has 1 aromatic heterocycles. The molecule has 1 unspecified atom stereocenters. The summed E-state index contributed by atoms with van der Waals surface area (Å²) >= 11 is 0. The fourth-order valence-corrected chi connectivity index (χ4v) is 4.24. The lowest BCUT2D eigenvalue weighted by atomic mass is 10.0. The molecule has 9 nitrogen and oxygen atoms in total. The Labute approximate surface area is 158 Å². The number of carbonyl (C=O) groups excluding carboxylic acids is 3. The van der Waals surface area contributed by atoms with Gasteiger partial charge in [-0.2, -0.15) is 0 Å². The zero-order chi connectivity index (χ0) is 20.0. The zero-order valence-electron chi connectivity index (χ0n) is 15.0. The van der Waals surface area contributed by atoms with E-state index in [1.54, 1.807) is 0 Å². The number of sulfonamides is 1. The van der Waals surface area contributed by atoms with Gasteiger partial charge in [0.25, 0.3) is 10.0 Å². The molecular weight excluding hydrogens is 372 g/mol. The molecular formula is C17H23N4O5S. The lowest BCUT2D eigenvalue weighted by molar-refractivity contribution is -0.131. The maximum atomic E-state index is 13.1. The molecule has 1 aliphatic heterocycles. The number of amides is 2. The van der Waals surface area contributed by atoms with Crippen molar-refractivity contribution in [2.45, 2.75) is 37.1 Å². The van der Waals surface area contributed by atoms with Gasteiger partial charge in [-0.25, -0.2) is 12.7 Å². The monoisotopic (exact) mass is 395 g/mol. The topological polar surface area (TPSA) is 140 Å². The van der Waals surface area contributed by atoms with Crippen LogP contribution in [0.5, 0.6) is 0 Å². The number of carbonyl (C=O) groups is 3. The van der Waals surface area contributed by atoms with Gasteiger partial charge in [-0.1, -0.05) is 6.92 Å². The number of nitrogens with zero attached hydrogens (tertiary/aromatic N) is 2. The van der Waals surface area contributed by atoms with E-state index in [2.05, 4.69) is 10.3 Å². The van der Waals surface area contributed by atoms with E-state index in [1.807, 2.05) is 0 Å². The van der Waals surface area contributed by atoms with Crippen molar-refractivity contribution in [3.05, 3.63) is 30.9 Å². The Bertz CT molecular complexity index is 797. The molecule has 0 aromatic carbocycles. The van der Waals surface area contributed by atoms with Gasteiger partial charge in [-0.05, 0) is 37.9 Å². The van der Waals surface area contributed by atoms with Crippen LogP contribution in [0.15, 0.2) is 29.4 Å².